The molecule has 1 aliphatic heterocycles. The zero-order valence-electron chi connectivity index (χ0n) is 14.5. The molecule has 132 valence electrons. The van der Waals surface area contributed by atoms with Crippen LogP contribution in [0.3, 0.4) is 0 Å². The highest BCUT2D eigenvalue weighted by Crippen LogP contribution is 2.43. The molecular weight excluding hydrogens is 322 g/mol. The Morgan fingerprint density at radius 2 is 1.80 bits per heavy atom. The highest BCUT2D eigenvalue weighted by Gasteiger charge is 2.32. The molecule has 2 aromatic rings. The smallest absolute Gasteiger partial charge is 0.204 e. The molecule has 0 aliphatic carbocycles. The van der Waals surface area contributed by atoms with Crippen molar-refractivity contribution in [2.24, 2.45) is 5.92 Å². The number of ether oxygens (including phenoxy) is 4. The number of hydrogen-bond donors (Lipinski definition) is 1. The lowest BCUT2D eigenvalue weighted by Crippen LogP contribution is -2.29. The number of ketones is 1. The van der Waals surface area contributed by atoms with E-state index >= 15 is 0 Å². The minimum atomic E-state index is -0.279. The van der Waals surface area contributed by atoms with Gasteiger partial charge in [-0.3, -0.25) is 4.79 Å². The fraction of sp³-hybridized carbons (Fsp3) is 0.316. The van der Waals surface area contributed by atoms with Gasteiger partial charge in [0, 0.05) is 0 Å². The third-order valence-electron chi connectivity index (χ3n) is 4.34. The second-order valence-electron chi connectivity index (χ2n) is 5.83. The summed E-state index contributed by atoms with van der Waals surface area (Å²) in [5.74, 6) is 1.79. The quantitative estimate of drug-likeness (QED) is 0.841. The molecule has 0 bridgehead atoms. The fourth-order valence-electron chi connectivity index (χ4n) is 3.06. The van der Waals surface area contributed by atoms with E-state index in [0.29, 0.717) is 40.7 Å². The number of anilines is 1. The van der Waals surface area contributed by atoms with Crippen LogP contribution < -0.4 is 24.7 Å². The summed E-state index contributed by atoms with van der Waals surface area (Å²) in [5.41, 5.74) is 7.97. The number of rotatable bonds is 5. The van der Waals surface area contributed by atoms with Gasteiger partial charge in [0.05, 0.1) is 45.1 Å². The van der Waals surface area contributed by atoms with Crippen LogP contribution >= 0.6 is 0 Å². The van der Waals surface area contributed by atoms with Gasteiger partial charge in [-0.25, -0.2) is 0 Å². The monoisotopic (exact) mass is 343 g/mol. The number of benzene rings is 2. The Hall–Kier alpha value is -2.89. The Morgan fingerprint density at radius 1 is 1.08 bits per heavy atom. The molecule has 1 aliphatic rings. The van der Waals surface area contributed by atoms with Crippen molar-refractivity contribution in [3.05, 3.63) is 41.5 Å². The molecule has 1 atom stereocenters. The summed E-state index contributed by atoms with van der Waals surface area (Å²) < 4.78 is 21.6. The first-order chi connectivity index (χ1) is 12.1. The summed E-state index contributed by atoms with van der Waals surface area (Å²) in [6.07, 6.45) is 0.542. The van der Waals surface area contributed by atoms with Gasteiger partial charge in [-0.05, 0) is 36.2 Å². The Balaban J connectivity index is 1.86. The van der Waals surface area contributed by atoms with Crippen LogP contribution in [-0.4, -0.2) is 33.7 Å². The maximum Gasteiger partial charge on any atom is 0.204 e. The van der Waals surface area contributed by atoms with Gasteiger partial charge < -0.3 is 24.7 Å². The first kappa shape index (κ1) is 17.0. The summed E-state index contributed by atoms with van der Waals surface area (Å²) >= 11 is 0. The number of carbonyl (C=O) groups excluding carboxylic acids is 1. The standard InChI is InChI=1S/C19H21NO5/c1-22-15-6-4-11(9-14(15)20)8-12-10-25-18-13(17(12)21)5-7-16(23-2)19(18)24-3/h4-7,9,12H,8,10,20H2,1-3H3. The number of hydrogen-bond acceptors (Lipinski definition) is 6. The molecule has 0 saturated heterocycles. The molecule has 6 nitrogen and oxygen atoms in total. The molecular formula is C19H21NO5. The van der Waals surface area contributed by atoms with Crippen molar-refractivity contribution < 1.29 is 23.7 Å². The largest absolute Gasteiger partial charge is 0.495 e. The second kappa shape index (κ2) is 6.93. The topological polar surface area (TPSA) is 80.0 Å². The number of Topliss-reactive ketones (excluding diaryl/α,β-unsaturated/α-hetero) is 1. The lowest BCUT2D eigenvalue weighted by molar-refractivity contribution is 0.0825. The van der Waals surface area contributed by atoms with E-state index in [9.17, 15) is 4.79 Å². The Morgan fingerprint density at radius 3 is 2.44 bits per heavy atom. The van der Waals surface area contributed by atoms with Crippen LogP contribution in [0, 0.1) is 5.92 Å². The van der Waals surface area contributed by atoms with E-state index in [1.54, 1.807) is 32.4 Å². The molecule has 2 N–H and O–H groups in total. The van der Waals surface area contributed by atoms with E-state index in [-0.39, 0.29) is 18.3 Å². The van der Waals surface area contributed by atoms with Gasteiger partial charge in [0.25, 0.3) is 0 Å². The van der Waals surface area contributed by atoms with E-state index in [1.807, 2.05) is 12.1 Å². The van der Waals surface area contributed by atoms with Crippen molar-refractivity contribution in [2.75, 3.05) is 33.7 Å². The summed E-state index contributed by atoms with van der Waals surface area (Å²) in [5, 5.41) is 0. The lowest BCUT2D eigenvalue weighted by atomic mass is 9.89. The predicted octanol–water partition coefficient (Wildman–Crippen LogP) is 2.73. The summed E-state index contributed by atoms with van der Waals surface area (Å²) in [6.45, 7) is 0.279. The lowest BCUT2D eigenvalue weighted by Gasteiger charge is -2.26. The van der Waals surface area contributed by atoms with Crippen molar-refractivity contribution in [2.45, 2.75) is 6.42 Å². The normalized spacial score (nSPS) is 16.0. The van der Waals surface area contributed by atoms with Gasteiger partial charge in [0.2, 0.25) is 5.75 Å². The van der Waals surface area contributed by atoms with Crippen molar-refractivity contribution in [3.8, 4) is 23.0 Å². The van der Waals surface area contributed by atoms with Gasteiger partial charge >= 0.3 is 0 Å². The first-order valence-corrected chi connectivity index (χ1v) is 7.93. The zero-order valence-corrected chi connectivity index (χ0v) is 14.5. The van der Waals surface area contributed by atoms with Gasteiger partial charge in [0.1, 0.15) is 5.75 Å². The van der Waals surface area contributed by atoms with E-state index in [0.717, 1.165) is 5.56 Å². The van der Waals surface area contributed by atoms with Crippen LogP contribution in [0.15, 0.2) is 30.3 Å². The Labute approximate surface area is 146 Å². The third-order valence-corrected chi connectivity index (χ3v) is 4.34. The van der Waals surface area contributed by atoms with E-state index < -0.39 is 0 Å². The van der Waals surface area contributed by atoms with Crippen molar-refractivity contribution in [1.29, 1.82) is 0 Å². The Kier molecular flexibility index (Phi) is 4.70. The molecule has 1 unspecified atom stereocenters. The number of carbonyl (C=O) groups is 1. The molecule has 3 rings (SSSR count). The zero-order chi connectivity index (χ0) is 18.0. The first-order valence-electron chi connectivity index (χ1n) is 7.93. The molecule has 0 aromatic heterocycles. The van der Waals surface area contributed by atoms with Crippen molar-refractivity contribution >= 4 is 11.5 Å². The van der Waals surface area contributed by atoms with Gasteiger partial charge in [-0.1, -0.05) is 6.07 Å². The molecule has 0 fully saturated rings. The van der Waals surface area contributed by atoms with Crippen LogP contribution in [-0.2, 0) is 6.42 Å². The van der Waals surface area contributed by atoms with Crippen LogP contribution in [0.4, 0.5) is 5.69 Å². The minimum Gasteiger partial charge on any atom is -0.495 e. The average Bonchev–Trinajstić information content (AvgIpc) is 2.63. The molecule has 6 heteroatoms. The minimum absolute atomic E-state index is 0.0246. The van der Waals surface area contributed by atoms with Gasteiger partial charge in [-0.15, -0.1) is 0 Å². The number of fused-ring (bicyclic) bond motifs is 1. The second-order valence-corrected chi connectivity index (χ2v) is 5.83. The molecule has 0 spiro atoms. The number of nitrogen functional groups attached to an aromatic ring is 1. The van der Waals surface area contributed by atoms with Crippen LogP contribution in [0.2, 0.25) is 0 Å². The highest BCUT2D eigenvalue weighted by molar-refractivity contribution is 6.02. The van der Waals surface area contributed by atoms with Crippen molar-refractivity contribution in [3.63, 3.8) is 0 Å². The van der Waals surface area contributed by atoms with Gasteiger partial charge in [-0.2, -0.15) is 0 Å². The third kappa shape index (κ3) is 3.07. The van der Waals surface area contributed by atoms with Gasteiger partial charge in [0.15, 0.2) is 17.3 Å². The summed E-state index contributed by atoms with van der Waals surface area (Å²) in [7, 11) is 4.65. The molecule has 1 heterocycles. The Bertz CT molecular complexity index is 803. The van der Waals surface area contributed by atoms with Crippen LogP contribution in [0.5, 0.6) is 23.0 Å². The molecule has 0 amide bonds. The average molecular weight is 343 g/mol. The maximum atomic E-state index is 12.9. The predicted molar refractivity (Wildman–Crippen MR) is 94.0 cm³/mol. The maximum absolute atomic E-state index is 12.9. The highest BCUT2D eigenvalue weighted by atomic mass is 16.5. The van der Waals surface area contributed by atoms with E-state index in [4.69, 9.17) is 24.7 Å². The SMILES string of the molecule is COc1ccc(CC2COc3c(ccc(OC)c3OC)C2=O)cc1N. The van der Waals surface area contributed by atoms with Crippen molar-refractivity contribution in [1.82, 2.24) is 0 Å². The summed E-state index contributed by atoms with van der Waals surface area (Å²) in [4.78, 5) is 12.9. The van der Waals surface area contributed by atoms with Crippen LogP contribution in [0.1, 0.15) is 15.9 Å². The van der Waals surface area contributed by atoms with E-state index in [2.05, 4.69) is 0 Å². The number of nitrogens with two attached hydrogens (primary N) is 1. The molecule has 0 radical (unpaired) electrons. The van der Waals surface area contributed by atoms with Crippen LogP contribution in [0.25, 0.3) is 0 Å². The van der Waals surface area contributed by atoms with E-state index in [1.165, 1.54) is 7.11 Å². The molecule has 25 heavy (non-hydrogen) atoms. The molecule has 0 saturated carbocycles. The fourth-order valence-corrected chi connectivity index (χ4v) is 3.06. The molecule has 2 aromatic carbocycles. The summed E-state index contributed by atoms with van der Waals surface area (Å²) in [6, 6.07) is 8.98. The number of methoxy groups -OCH3 is 3.